The van der Waals surface area contributed by atoms with E-state index in [9.17, 15) is 4.39 Å². The lowest BCUT2D eigenvalue weighted by atomic mass is 10.1. The molecule has 2 aromatic rings. The number of halogens is 2. The van der Waals surface area contributed by atoms with Gasteiger partial charge in [0.2, 0.25) is 0 Å². The molecule has 100 valence electrons. The zero-order chi connectivity index (χ0) is 13.8. The Kier molecular flexibility index (Phi) is 4.56. The number of benzene rings is 2. The molecular formula is C16H17ClFN. The maximum atomic E-state index is 13.1. The summed E-state index contributed by atoms with van der Waals surface area (Å²) in [6, 6.07) is 13.3. The first-order valence-corrected chi connectivity index (χ1v) is 6.68. The van der Waals surface area contributed by atoms with Gasteiger partial charge in [-0.2, -0.15) is 0 Å². The lowest BCUT2D eigenvalue weighted by Crippen LogP contribution is -2.18. The normalized spacial score (nSPS) is 12.4. The van der Waals surface area contributed by atoms with Crippen LogP contribution in [0.1, 0.15) is 29.7 Å². The van der Waals surface area contributed by atoms with E-state index in [0.29, 0.717) is 0 Å². The summed E-state index contributed by atoms with van der Waals surface area (Å²) in [5.74, 6) is -0.378. The number of aryl methyl sites for hydroxylation is 1. The smallest absolute Gasteiger partial charge is 0.141 e. The van der Waals surface area contributed by atoms with Crippen LogP contribution in [0.3, 0.4) is 0 Å². The number of hydrogen-bond acceptors (Lipinski definition) is 1. The molecule has 0 aliphatic heterocycles. The Labute approximate surface area is 118 Å². The molecule has 0 heterocycles. The predicted molar refractivity (Wildman–Crippen MR) is 77.8 cm³/mol. The van der Waals surface area contributed by atoms with Crippen molar-refractivity contribution in [3.63, 3.8) is 0 Å². The van der Waals surface area contributed by atoms with Gasteiger partial charge in [0.1, 0.15) is 5.82 Å². The monoisotopic (exact) mass is 277 g/mol. The third kappa shape index (κ3) is 3.79. The molecule has 1 unspecified atom stereocenters. The Hall–Kier alpha value is -1.38. The van der Waals surface area contributed by atoms with Crippen LogP contribution in [0.5, 0.6) is 0 Å². The molecule has 1 atom stereocenters. The zero-order valence-electron chi connectivity index (χ0n) is 11.1. The average molecular weight is 278 g/mol. The molecule has 0 saturated carbocycles. The highest BCUT2D eigenvalue weighted by molar-refractivity contribution is 6.30. The van der Waals surface area contributed by atoms with Crippen LogP contribution in [0.2, 0.25) is 5.02 Å². The Morgan fingerprint density at radius 1 is 1.21 bits per heavy atom. The van der Waals surface area contributed by atoms with Crippen LogP contribution in [0.4, 0.5) is 4.39 Å². The topological polar surface area (TPSA) is 12.0 Å². The second-order valence-corrected chi connectivity index (χ2v) is 5.17. The van der Waals surface area contributed by atoms with E-state index in [4.69, 9.17) is 11.6 Å². The van der Waals surface area contributed by atoms with E-state index in [0.717, 1.165) is 12.1 Å². The summed E-state index contributed by atoms with van der Waals surface area (Å²) in [5.41, 5.74) is 3.47. The van der Waals surface area contributed by atoms with Crippen LogP contribution < -0.4 is 5.32 Å². The number of nitrogens with one attached hydrogen (secondary N) is 1. The fraction of sp³-hybridized carbons (Fsp3) is 0.250. The van der Waals surface area contributed by atoms with Gasteiger partial charge in [0.05, 0.1) is 5.02 Å². The standard InChI is InChI=1S/C16H17ClFN/c1-11-4-3-5-13(8-11)10-19-12(2)14-6-7-16(18)15(17)9-14/h3-9,12,19H,10H2,1-2H3. The van der Waals surface area contributed by atoms with Crippen LogP contribution in [-0.4, -0.2) is 0 Å². The summed E-state index contributed by atoms with van der Waals surface area (Å²) >= 11 is 5.79. The van der Waals surface area contributed by atoms with E-state index in [1.165, 1.54) is 17.2 Å². The number of rotatable bonds is 4. The van der Waals surface area contributed by atoms with Crippen molar-refractivity contribution in [2.45, 2.75) is 26.4 Å². The fourth-order valence-corrected chi connectivity index (χ4v) is 2.18. The highest BCUT2D eigenvalue weighted by Gasteiger charge is 2.07. The maximum Gasteiger partial charge on any atom is 0.141 e. The van der Waals surface area contributed by atoms with Crippen LogP contribution in [0, 0.1) is 12.7 Å². The maximum absolute atomic E-state index is 13.1. The second-order valence-electron chi connectivity index (χ2n) is 4.77. The third-order valence-electron chi connectivity index (χ3n) is 3.14. The molecule has 0 aliphatic carbocycles. The van der Waals surface area contributed by atoms with Gasteiger partial charge in [0, 0.05) is 12.6 Å². The van der Waals surface area contributed by atoms with Gasteiger partial charge in [-0.3, -0.25) is 0 Å². The minimum atomic E-state index is -0.378. The van der Waals surface area contributed by atoms with Crippen molar-refractivity contribution in [2.24, 2.45) is 0 Å². The van der Waals surface area contributed by atoms with Crippen molar-refractivity contribution < 1.29 is 4.39 Å². The van der Waals surface area contributed by atoms with Gasteiger partial charge in [-0.1, -0.05) is 47.5 Å². The first kappa shape index (κ1) is 14.0. The van der Waals surface area contributed by atoms with Crippen molar-refractivity contribution >= 4 is 11.6 Å². The highest BCUT2D eigenvalue weighted by atomic mass is 35.5. The molecule has 0 radical (unpaired) electrons. The van der Waals surface area contributed by atoms with Crippen molar-refractivity contribution in [1.82, 2.24) is 5.32 Å². The molecule has 3 heteroatoms. The largest absolute Gasteiger partial charge is 0.306 e. The average Bonchev–Trinajstić information content (AvgIpc) is 2.39. The first-order chi connectivity index (χ1) is 9.06. The van der Waals surface area contributed by atoms with Gasteiger partial charge < -0.3 is 5.32 Å². The minimum Gasteiger partial charge on any atom is -0.306 e. The first-order valence-electron chi connectivity index (χ1n) is 6.30. The summed E-state index contributed by atoms with van der Waals surface area (Å²) in [4.78, 5) is 0. The lowest BCUT2D eigenvalue weighted by molar-refractivity contribution is 0.571. The van der Waals surface area contributed by atoms with E-state index in [1.54, 1.807) is 12.1 Å². The van der Waals surface area contributed by atoms with Gasteiger partial charge in [-0.25, -0.2) is 4.39 Å². The molecular weight excluding hydrogens is 261 g/mol. The quantitative estimate of drug-likeness (QED) is 0.858. The Morgan fingerprint density at radius 2 is 2.00 bits per heavy atom. The summed E-state index contributed by atoms with van der Waals surface area (Å²) in [6.07, 6.45) is 0. The van der Waals surface area contributed by atoms with Crippen molar-refractivity contribution in [2.75, 3.05) is 0 Å². The molecule has 2 aromatic carbocycles. The Bertz CT molecular complexity index is 568. The Morgan fingerprint density at radius 3 is 2.68 bits per heavy atom. The zero-order valence-corrected chi connectivity index (χ0v) is 11.8. The van der Waals surface area contributed by atoms with Gasteiger partial charge in [0.25, 0.3) is 0 Å². The summed E-state index contributed by atoms with van der Waals surface area (Å²) in [7, 11) is 0. The molecule has 0 aliphatic rings. The molecule has 2 rings (SSSR count). The molecule has 0 spiro atoms. The number of hydrogen-bond donors (Lipinski definition) is 1. The Balaban J connectivity index is 2.01. The van der Waals surface area contributed by atoms with E-state index < -0.39 is 0 Å². The second kappa shape index (κ2) is 6.18. The van der Waals surface area contributed by atoms with Crippen LogP contribution in [0.25, 0.3) is 0 Å². The predicted octanol–water partition coefficient (Wildman–Crippen LogP) is 4.64. The fourth-order valence-electron chi connectivity index (χ4n) is 1.99. The van der Waals surface area contributed by atoms with Crippen LogP contribution >= 0.6 is 11.6 Å². The van der Waals surface area contributed by atoms with E-state index >= 15 is 0 Å². The molecule has 19 heavy (non-hydrogen) atoms. The SMILES string of the molecule is Cc1cccc(CNC(C)c2ccc(F)c(Cl)c2)c1. The van der Waals surface area contributed by atoms with E-state index in [2.05, 4.69) is 30.4 Å². The summed E-state index contributed by atoms with van der Waals surface area (Å²) in [6.45, 7) is 4.89. The van der Waals surface area contributed by atoms with Crippen molar-refractivity contribution in [3.8, 4) is 0 Å². The molecule has 0 saturated heterocycles. The van der Waals surface area contributed by atoms with Gasteiger partial charge in [-0.15, -0.1) is 0 Å². The lowest BCUT2D eigenvalue weighted by Gasteiger charge is -2.15. The molecule has 1 N–H and O–H groups in total. The van der Waals surface area contributed by atoms with Gasteiger partial charge in [0.15, 0.2) is 0 Å². The van der Waals surface area contributed by atoms with E-state index in [-0.39, 0.29) is 16.9 Å². The summed E-state index contributed by atoms with van der Waals surface area (Å²) in [5, 5.41) is 3.58. The molecule has 0 bridgehead atoms. The molecule has 0 aromatic heterocycles. The van der Waals surface area contributed by atoms with Crippen molar-refractivity contribution in [3.05, 3.63) is 70.0 Å². The molecule has 0 fully saturated rings. The third-order valence-corrected chi connectivity index (χ3v) is 3.43. The van der Waals surface area contributed by atoms with Crippen LogP contribution in [-0.2, 0) is 6.54 Å². The van der Waals surface area contributed by atoms with E-state index in [1.807, 2.05) is 13.0 Å². The van der Waals surface area contributed by atoms with Crippen molar-refractivity contribution in [1.29, 1.82) is 0 Å². The summed E-state index contributed by atoms with van der Waals surface area (Å²) < 4.78 is 13.1. The van der Waals surface area contributed by atoms with Crippen LogP contribution in [0.15, 0.2) is 42.5 Å². The highest BCUT2D eigenvalue weighted by Crippen LogP contribution is 2.21. The van der Waals surface area contributed by atoms with Gasteiger partial charge >= 0.3 is 0 Å². The van der Waals surface area contributed by atoms with Gasteiger partial charge in [-0.05, 0) is 37.1 Å². The molecule has 1 nitrogen and oxygen atoms in total. The molecule has 0 amide bonds. The minimum absolute atomic E-state index is 0.124.